The number of aromatic nitrogens is 2. The fourth-order valence-electron chi connectivity index (χ4n) is 2.49. The zero-order valence-corrected chi connectivity index (χ0v) is 12.9. The van der Waals surface area contributed by atoms with Crippen molar-refractivity contribution in [3.8, 4) is 5.75 Å². The molecule has 1 heterocycles. The number of hydrogen-bond donors (Lipinski definition) is 1. The lowest BCUT2D eigenvalue weighted by Gasteiger charge is -2.08. The van der Waals surface area contributed by atoms with Crippen molar-refractivity contribution >= 4 is 22.4 Å². The van der Waals surface area contributed by atoms with Gasteiger partial charge in [0.05, 0.1) is 31.6 Å². The molecule has 5 nitrogen and oxygen atoms in total. The van der Waals surface area contributed by atoms with Crippen LogP contribution in [-0.2, 0) is 11.2 Å². The third-order valence-electron chi connectivity index (χ3n) is 3.62. The Morgan fingerprint density at radius 1 is 1.33 bits per heavy atom. The van der Waals surface area contributed by atoms with Gasteiger partial charge in [0.2, 0.25) is 5.91 Å². The van der Waals surface area contributed by atoms with Gasteiger partial charge in [0, 0.05) is 0 Å². The summed E-state index contributed by atoms with van der Waals surface area (Å²) in [6.45, 7) is -2.74. The highest BCUT2D eigenvalue weighted by molar-refractivity contribution is 5.96. The van der Waals surface area contributed by atoms with E-state index in [2.05, 4.69) is 10.4 Å². The van der Waals surface area contributed by atoms with E-state index < -0.39 is 6.55 Å². The number of benzene rings is 2. The molecular formula is C17H15F2N3O2. The smallest absolute Gasteiger partial charge is 0.333 e. The summed E-state index contributed by atoms with van der Waals surface area (Å²) in [6, 6.07) is 11.3. The number of carbonyl (C=O) groups is 1. The number of carbonyl (C=O) groups excluding carboxylic acids is 1. The van der Waals surface area contributed by atoms with Crippen LogP contribution in [0.25, 0.3) is 10.8 Å². The number of alkyl halides is 2. The molecule has 0 aliphatic carbocycles. The number of hydrogen-bond acceptors (Lipinski definition) is 3. The van der Waals surface area contributed by atoms with Crippen molar-refractivity contribution in [3.63, 3.8) is 0 Å². The first-order valence-corrected chi connectivity index (χ1v) is 7.24. The molecule has 0 aliphatic heterocycles. The number of halogens is 2. The Balaban J connectivity index is 1.79. The number of rotatable bonds is 5. The summed E-state index contributed by atoms with van der Waals surface area (Å²) in [5.74, 6) is 0.396. The predicted molar refractivity (Wildman–Crippen MR) is 86.3 cm³/mol. The van der Waals surface area contributed by atoms with Gasteiger partial charge >= 0.3 is 6.55 Å². The second-order valence-electron chi connectivity index (χ2n) is 5.22. The third-order valence-corrected chi connectivity index (χ3v) is 3.62. The molecule has 0 unspecified atom stereocenters. The highest BCUT2D eigenvalue weighted by Crippen LogP contribution is 2.24. The van der Waals surface area contributed by atoms with Gasteiger partial charge in [0.15, 0.2) is 0 Å². The van der Waals surface area contributed by atoms with Gasteiger partial charge in [0.25, 0.3) is 0 Å². The molecule has 3 aromatic rings. The normalized spacial score (nSPS) is 11.0. The zero-order chi connectivity index (χ0) is 17.1. The first kappa shape index (κ1) is 15.9. The second kappa shape index (κ2) is 6.66. The van der Waals surface area contributed by atoms with E-state index in [-0.39, 0.29) is 18.0 Å². The molecule has 0 saturated carbocycles. The first-order valence-electron chi connectivity index (χ1n) is 7.24. The Labute approximate surface area is 136 Å². The molecule has 0 atom stereocenters. The molecule has 2 aromatic carbocycles. The predicted octanol–water partition coefficient (Wildman–Crippen LogP) is 3.62. The van der Waals surface area contributed by atoms with Crippen LogP contribution in [0.2, 0.25) is 0 Å². The van der Waals surface area contributed by atoms with Crippen LogP contribution in [0.1, 0.15) is 12.1 Å². The Bertz CT molecular complexity index is 877. The monoisotopic (exact) mass is 331 g/mol. The summed E-state index contributed by atoms with van der Waals surface area (Å²) in [4.78, 5) is 12.2. The van der Waals surface area contributed by atoms with Gasteiger partial charge in [-0.25, -0.2) is 4.68 Å². The molecule has 1 N–H and O–H groups in total. The zero-order valence-electron chi connectivity index (χ0n) is 12.9. The number of ether oxygens (including phenoxy) is 1. The number of methoxy groups -OCH3 is 1. The van der Waals surface area contributed by atoms with Gasteiger partial charge in [-0.15, -0.1) is 0 Å². The molecule has 0 fully saturated rings. The molecule has 0 spiro atoms. The average Bonchev–Trinajstić information content (AvgIpc) is 3.03. The highest BCUT2D eigenvalue weighted by atomic mass is 19.3. The van der Waals surface area contributed by atoms with Crippen molar-refractivity contribution < 1.29 is 18.3 Å². The minimum Gasteiger partial charge on any atom is -0.497 e. The van der Waals surface area contributed by atoms with Crippen LogP contribution in [0.4, 0.5) is 14.5 Å². The lowest BCUT2D eigenvalue weighted by atomic mass is 10.0. The summed E-state index contributed by atoms with van der Waals surface area (Å²) in [5, 5.41) is 7.96. The maximum Gasteiger partial charge on any atom is 0.333 e. The molecule has 1 aromatic heterocycles. The van der Waals surface area contributed by atoms with E-state index in [1.165, 1.54) is 6.20 Å². The number of anilines is 1. The minimum absolute atomic E-state index is 0.115. The number of nitrogens with one attached hydrogen (secondary N) is 1. The lowest BCUT2D eigenvalue weighted by Crippen LogP contribution is -2.14. The van der Waals surface area contributed by atoms with Crippen LogP contribution in [-0.4, -0.2) is 22.8 Å². The maximum absolute atomic E-state index is 12.5. The van der Waals surface area contributed by atoms with E-state index in [1.54, 1.807) is 7.11 Å². The van der Waals surface area contributed by atoms with E-state index in [0.717, 1.165) is 22.5 Å². The Hall–Kier alpha value is -2.96. The molecule has 24 heavy (non-hydrogen) atoms. The van der Waals surface area contributed by atoms with Gasteiger partial charge in [-0.3, -0.25) is 4.79 Å². The second-order valence-corrected chi connectivity index (χ2v) is 5.22. The summed E-state index contributed by atoms with van der Waals surface area (Å²) in [5.41, 5.74) is 1.06. The molecular weight excluding hydrogens is 316 g/mol. The summed E-state index contributed by atoms with van der Waals surface area (Å²) >= 11 is 0. The standard InChI is InChI=1S/C17H15F2N3O2/c1-24-14-6-5-11-3-2-4-12(15(11)8-14)7-16(23)21-13-9-20-22(10-13)17(18)19/h2-6,8-10,17H,7H2,1H3,(H,21,23). The van der Waals surface area contributed by atoms with Crippen molar-refractivity contribution in [2.45, 2.75) is 13.0 Å². The molecule has 0 aliphatic rings. The van der Waals surface area contributed by atoms with Crippen LogP contribution in [0.15, 0.2) is 48.8 Å². The van der Waals surface area contributed by atoms with Gasteiger partial charge in [-0.05, 0) is 28.5 Å². The largest absolute Gasteiger partial charge is 0.497 e. The first-order chi connectivity index (χ1) is 11.6. The van der Waals surface area contributed by atoms with E-state index in [1.807, 2.05) is 36.4 Å². The fraction of sp³-hybridized carbons (Fsp3) is 0.176. The van der Waals surface area contributed by atoms with Crippen molar-refractivity contribution in [1.82, 2.24) is 9.78 Å². The van der Waals surface area contributed by atoms with Gasteiger partial charge in [-0.1, -0.05) is 24.3 Å². The van der Waals surface area contributed by atoms with E-state index in [9.17, 15) is 13.6 Å². The van der Waals surface area contributed by atoms with Crippen LogP contribution < -0.4 is 10.1 Å². The molecule has 0 radical (unpaired) electrons. The van der Waals surface area contributed by atoms with Crippen LogP contribution in [0.5, 0.6) is 5.75 Å². The average molecular weight is 331 g/mol. The van der Waals surface area contributed by atoms with Gasteiger partial charge in [-0.2, -0.15) is 13.9 Å². The fourth-order valence-corrected chi connectivity index (χ4v) is 2.49. The van der Waals surface area contributed by atoms with Crippen LogP contribution >= 0.6 is 0 Å². The molecule has 7 heteroatoms. The van der Waals surface area contributed by atoms with E-state index in [4.69, 9.17) is 4.74 Å². The maximum atomic E-state index is 12.5. The highest BCUT2D eigenvalue weighted by Gasteiger charge is 2.11. The molecule has 1 amide bonds. The summed E-state index contributed by atoms with van der Waals surface area (Å²) < 4.78 is 30.7. The molecule has 3 rings (SSSR count). The SMILES string of the molecule is COc1ccc2cccc(CC(=O)Nc3cnn(C(F)F)c3)c2c1. The van der Waals surface area contributed by atoms with Crippen molar-refractivity contribution in [1.29, 1.82) is 0 Å². The Kier molecular flexibility index (Phi) is 4.41. The van der Waals surface area contributed by atoms with E-state index >= 15 is 0 Å². The van der Waals surface area contributed by atoms with Crippen molar-refractivity contribution in [2.75, 3.05) is 12.4 Å². The number of amides is 1. The third kappa shape index (κ3) is 3.34. The van der Waals surface area contributed by atoms with Crippen molar-refractivity contribution in [2.24, 2.45) is 0 Å². The number of fused-ring (bicyclic) bond motifs is 1. The molecule has 124 valence electrons. The van der Waals surface area contributed by atoms with Crippen molar-refractivity contribution in [3.05, 3.63) is 54.4 Å². The Morgan fingerprint density at radius 2 is 2.17 bits per heavy atom. The summed E-state index contributed by atoms with van der Waals surface area (Å²) in [6.07, 6.45) is 2.40. The van der Waals surface area contributed by atoms with Crippen LogP contribution in [0, 0.1) is 0 Å². The van der Waals surface area contributed by atoms with Gasteiger partial charge in [0.1, 0.15) is 5.75 Å². The number of nitrogens with zero attached hydrogens (tertiary/aromatic N) is 2. The van der Waals surface area contributed by atoms with E-state index in [0.29, 0.717) is 10.4 Å². The minimum atomic E-state index is -2.74. The quantitative estimate of drug-likeness (QED) is 0.777. The Morgan fingerprint density at radius 3 is 2.88 bits per heavy atom. The lowest BCUT2D eigenvalue weighted by molar-refractivity contribution is -0.115. The topological polar surface area (TPSA) is 56.1 Å². The molecule has 0 bridgehead atoms. The molecule has 0 saturated heterocycles. The van der Waals surface area contributed by atoms with Crippen LogP contribution in [0.3, 0.4) is 0 Å². The summed E-state index contributed by atoms with van der Waals surface area (Å²) in [7, 11) is 1.58. The van der Waals surface area contributed by atoms with Gasteiger partial charge < -0.3 is 10.1 Å².